The second-order valence-electron chi connectivity index (χ2n) is 14.7. The van der Waals surface area contributed by atoms with Crippen molar-refractivity contribution in [3.05, 3.63) is 134 Å². The van der Waals surface area contributed by atoms with Crippen LogP contribution in [0.2, 0.25) is 0 Å². The molecule has 0 fully saturated rings. The molecule has 0 spiro atoms. The van der Waals surface area contributed by atoms with Crippen LogP contribution in [0.15, 0.2) is 134 Å². The summed E-state index contributed by atoms with van der Waals surface area (Å²) in [6, 6.07) is 0. The first-order chi connectivity index (χ1) is 29.5. The fraction of sp³-hybridized carbons (Fsp3) is 0.537. The minimum Gasteiger partial charge on any atom is -0.462 e. The van der Waals surface area contributed by atoms with E-state index in [1.807, 2.05) is 85.1 Å². The van der Waals surface area contributed by atoms with E-state index in [1.54, 1.807) is 0 Å². The number of ether oxygens (including phenoxy) is 3. The molecule has 0 N–H and O–H groups in total. The highest BCUT2D eigenvalue weighted by Crippen LogP contribution is 2.12. The molecular formula is C54H82O6. The molecule has 0 aliphatic carbocycles. The standard InChI is InChI=1S/C54H82O6/c1-4-7-10-13-16-19-22-25-27-30-32-35-38-41-44-47-53(56)59-50-51(49-58-52(55)46-43-40-37-34-31-28-24-21-18-15-12-9-6-3)60-54(57)48-45-42-39-36-33-29-26-23-20-17-14-11-8-5-2/h7-13,15-22,24-25,27-28,30-32,51H,4-6,14,23,26,29,33-50H2,1-3H3/b10-7+,11-8+,12-9+,16-13+,18-15+,20-17+,22-19+,24-21+,27-25+,31-28+,32-30+. The molecule has 0 aliphatic rings. The minimum absolute atomic E-state index is 0.121. The number of carbonyl (C=O) groups excluding carboxylic acids is 3. The Hall–Kier alpha value is -4.45. The smallest absolute Gasteiger partial charge is 0.306 e. The van der Waals surface area contributed by atoms with Gasteiger partial charge in [0.05, 0.1) is 0 Å². The van der Waals surface area contributed by atoms with Crippen LogP contribution in [-0.4, -0.2) is 37.2 Å². The van der Waals surface area contributed by atoms with Crippen LogP contribution in [0, 0.1) is 0 Å². The zero-order valence-corrected chi connectivity index (χ0v) is 37.9. The maximum Gasteiger partial charge on any atom is 0.306 e. The van der Waals surface area contributed by atoms with Crippen molar-refractivity contribution in [1.82, 2.24) is 0 Å². The van der Waals surface area contributed by atoms with Crippen molar-refractivity contribution in [1.29, 1.82) is 0 Å². The number of rotatable bonds is 39. The molecule has 1 unspecified atom stereocenters. The maximum atomic E-state index is 12.8. The zero-order chi connectivity index (χ0) is 43.7. The largest absolute Gasteiger partial charge is 0.462 e. The number of hydrogen-bond acceptors (Lipinski definition) is 6. The third kappa shape index (κ3) is 44.6. The van der Waals surface area contributed by atoms with Crippen LogP contribution in [0.5, 0.6) is 0 Å². The molecule has 334 valence electrons. The molecule has 0 rings (SSSR count). The van der Waals surface area contributed by atoms with Crippen molar-refractivity contribution in [2.75, 3.05) is 13.2 Å². The molecule has 6 nitrogen and oxygen atoms in total. The molecule has 0 aromatic rings. The number of allylic oxidation sites excluding steroid dienone is 22. The second kappa shape index (κ2) is 47.2. The highest BCUT2D eigenvalue weighted by atomic mass is 16.6. The second-order valence-corrected chi connectivity index (χ2v) is 14.7. The van der Waals surface area contributed by atoms with Crippen LogP contribution < -0.4 is 0 Å². The van der Waals surface area contributed by atoms with Gasteiger partial charge in [0.1, 0.15) is 13.2 Å². The van der Waals surface area contributed by atoms with Crippen LogP contribution in [0.4, 0.5) is 0 Å². The Morgan fingerprint density at radius 3 is 1.13 bits per heavy atom. The van der Waals surface area contributed by atoms with Crippen molar-refractivity contribution in [3.8, 4) is 0 Å². The summed E-state index contributed by atoms with van der Waals surface area (Å²) in [6.07, 6.45) is 65.7. The van der Waals surface area contributed by atoms with Crippen molar-refractivity contribution < 1.29 is 28.6 Å². The molecule has 0 radical (unpaired) electrons. The van der Waals surface area contributed by atoms with Gasteiger partial charge in [-0.3, -0.25) is 14.4 Å². The lowest BCUT2D eigenvalue weighted by Crippen LogP contribution is -2.30. The number of hydrogen-bond donors (Lipinski definition) is 0. The van der Waals surface area contributed by atoms with Crippen LogP contribution in [0.3, 0.4) is 0 Å². The summed E-state index contributed by atoms with van der Waals surface area (Å²) in [5, 5.41) is 0. The summed E-state index contributed by atoms with van der Waals surface area (Å²) in [5.41, 5.74) is 0. The molecule has 6 heteroatoms. The van der Waals surface area contributed by atoms with Crippen LogP contribution >= 0.6 is 0 Å². The molecule has 0 heterocycles. The molecule has 0 aromatic carbocycles. The van der Waals surface area contributed by atoms with Gasteiger partial charge in [0, 0.05) is 19.3 Å². The SMILES string of the molecule is CC/C=C/C=C/C=C/C=C/C=C/CCCCCC(=O)OCC(COC(=O)CCCCC/C=C/C=C/C=C/C=C/CC)OC(=O)CCCCCCCCC/C=C/C/C=C/CC. The normalized spacial score (nSPS) is 13.3. The topological polar surface area (TPSA) is 78.9 Å². The van der Waals surface area contributed by atoms with Crippen molar-refractivity contribution in [2.24, 2.45) is 0 Å². The number of unbranched alkanes of at least 4 members (excludes halogenated alkanes) is 13. The Morgan fingerprint density at radius 1 is 0.350 bits per heavy atom. The van der Waals surface area contributed by atoms with E-state index in [0.717, 1.165) is 109 Å². The lowest BCUT2D eigenvalue weighted by molar-refractivity contribution is -0.167. The van der Waals surface area contributed by atoms with E-state index in [1.165, 1.54) is 19.3 Å². The summed E-state index contributed by atoms with van der Waals surface area (Å²) in [6.45, 7) is 6.13. The van der Waals surface area contributed by atoms with E-state index in [4.69, 9.17) is 14.2 Å². The van der Waals surface area contributed by atoms with Gasteiger partial charge >= 0.3 is 17.9 Å². The first-order valence-corrected chi connectivity index (χ1v) is 23.3. The first kappa shape index (κ1) is 55.5. The summed E-state index contributed by atoms with van der Waals surface area (Å²) >= 11 is 0. The minimum atomic E-state index is -0.820. The van der Waals surface area contributed by atoms with Gasteiger partial charge in [0.2, 0.25) is 0 Å². The van der Waals surface area contributed by atoms with E-state index >= 15 is 0 Å². The summed E-state index contributed by atoms with van der Waals surface area (Å²) in [5.74, 6) is -1.02. The third-order valence-electron chi connectivity index (χ3n) is 9.10. The van der Waals surface area contributed by atoms with E-state index < -0.39 is 6.10 Å². The fourth-order valence-electron chi connectivity index (χ4n) is 5.69. The Bertz CT molecular complexity index is 1370. The first-order valence-electron chi connectivity index (χ1n) is 23.3. The molecular weight excluding hydrogens is 745 g/mol. The van der Waals surface area contributed by atoms with Gasteiger partial charge in [-0.15, -0.1) is 0 Å². The van der Waals surface area contributed by atoms with E-state index in [9.17, 15) is 14.4 Å². The van der Waals surface area contributed by atoms with Crippen LogP contribution in [0.25, 0.3) is 0 Å². The predicted octanol–water partition coefficient (Wildman–Crippen LogP) is 15.1. The highest BCUT2D eigenvalue weighted by molar-refractivity contribution is 5.71. The molecule has 0 saturated carbocycles. The van der Waals surface area contributed by atoms with Gasteiger partial charge in [0.15, 0.2) is 6.10 Å². The van der Waals surface area contributed by atoms with Gasteiger partial charge in [0.25, 0.3) is 0 Å². The Morgan fingerprint density at radius 2 is 0.683 bits per heavy atom. The Kier molecular flexibility index (Phi) is 43.7. The summed E-state index contributed by atoms with van der Waals surface area (Å²) < 4.78 is 16.7. The number of carbonyl (C=O) groups is 3. The molecule has 0 aromatic heterocycles. The molecule has 60 heavy (non-hydrogen) atoms. The van der Waals surface area contributed by atoms with Crippen LogP contribution in [-0.2, 0) is 28.6 Å². The van der Waals surface area contributed by atoms with Gasteiger partial charge < -0.3 is 14.2 Å². The van der Waals surface area contributed by atoms with Gasteiger partial charge in [-0.2, -0.15) is 0 Å². The van der Waals surface area contributed by atoms with Crippen molar-refractivity contribution in [3.63, 3.8) is 0 Å². The fourth-order valence-corrected chi connectivity index (χ4v) is 5.69. The Balaban J connectivity index is 4.58. The van der Waals surface area contributed by atoms with Gasteiger partial charge in [-0.05, 0) is 83.5 Å². The quantitative estimate of drug-likeness (QED) is 0.0202. The molecule has 0 aliphatic heterocycles. The van der Waals surface area contributed by atoms with E-state index in [-0.39, 0.29) is 31.1 Å². The monoisotopic (exact) mass is 827 g/mol. The Labute approximate surface area is 366 Å². The van der Waals surface area contributed by atoms with Crippen molar-refractivity contribution >= 4 is 17.9 Å². The van der Waals surface area contributed by atoms with Gasteiger partial charge in [-0.1, -0.05) is 199 Å². The molecule has 1 atom stereocenters. The van der Waals surface area contributed by atoms with Gasteiger partial charge in [-0.25, -0.2) is 0 Å². The average Bonchev–Trinajstić information content (AvgIpc) is 3.24. The van der Waals surface area contributed by atoms with Crippen LogP contribution in [0.1, 0.15) is 168 Å². The summed E-state index contributed by atoms with van der Waals surface area (Å²) in [7, 11) is 0. The lowest BCUT2D eigenvalue weighted by atomic mass is 10.1. The van der Waals surface area contributed by atoms with E-state index in [2.05, 4.69) is 69.4 Å². The molecule has 0 amide bonds. The average molecular weight is 827 g/mol. The zero-order valence-electron chi connectivity index (χ0n) is 37.9. The number of esters is 3. The third-order valence-corrected chi connectivity index (χ3v) is 9.10. The molecule has 0 bridgehead atoms. The highest BCUT2D eigenvalue weighted by Gasteiger charge is 2.19. The predicted molar refractivity (Wildman–Crippen MR) is 256 cm³/mol. The maximum absolute atomic E-state index is 12.8. The lowest BCUT2D eigenvalue weighted by Gasteiger charge is -2.18. The summed E-state index contributed by atoms with van der Waals surface area (Å²) in [4.78, 5) is 37.8. The van der Waals surface area contributed by atoms with E-state index in [0.29, 0.717) is 19.3 Å². The molecule has 0 saturated heterocycles. The van der Waals surface area contributed by atoms with Crippen molar-refractivity contribution in [2.45, 2.75) is 175 Å².